The van der Waals surface area contributed by atoms with Gasteiger partial charge in [-0.25, -0.2) is 4.98 Å². The molecule has 0 radical (unpaired) electrons. The maximum atomic E-state index is 11.3. The predicted octanol–water partition coefficient (Wildman–Crippen LogP) is 3.45. The molecule has 3 aromatic rings. The molecule has 1 heterocycles. The molecule has 0 aliphatic heterocycles. The second-order valence-electron chi connectivity index (χ2n) is 4.98. The van der Waals surface area contributed by atoms with Crippen LogP contribution in [0, 0.1) is 0 Å². The highest BCUT2D eigenvalue weighted by Gasteiger charge is 2.12. The zero-order chi connectivity index (χ0) is 16.4. The van der Waals surface area contributed by atoms with Crippen LogP contribution in [0.15, 0.2) is 41.3 Å². The Labute approximate surface area is 138 Å². The summed E-state index contributed by atoms with van der Waals surface area (Å²) < 4.78 is 5.50. The molecule has 0 spiro atoms. The first-order valence-corrected chi connectivity index (χ1v) is 8.21. The first-order valence-electron chi connectivity index (χ1n) is 7.23. The molecule has 0 aliphatic carbocycles. The molecule has 0 fully saturated rings. The van der Waals surface area contributed by atoms with Gasteiger partial charge in [0.25, 0.3) is 0 Å². The van der Waals surface area contributed by atoms with E-state index in [9.17, 15) is 4.79 Å². The fourth-order valence-corrected chi connectivity index (χ4v) is 3.10. The first-order chi connectivity index (χ1) is 11.1. The van der Waals surface area contributed by atoms with Crippen molar-refractivity contribution in [2.45, 2.75) is 11.8 Å². The average Bonchev–Trinajstić information content (AvgIpc) is 2.97. The summed E-state index contributed by atoms with van der Waals surface area (Å²) in [5.74, 6) is 2.00. The smallest absolute Gasteiger partial charge is 0.248 e. The van der Waals surface area contributed by atoms with Crippen molar-refractivity contribution < 1.29 is 9.53 Å². The van der Waals surface area contributed by atoms with Crippen LogP contribution in [0.4, 0.5) is 0 Å². The minimum atomic E-state index is -0.463. The van der Waals surface area contributed by atoms with Gasteiger partial charge in [0, 0.05) is 10.5 Å². The minimum Gasteiger partial charge on any atom is -0.496 e. The van der Waals surface area contributed by atoms with Gasteiger partial charge in [-0.15, -0.1) is 11.8 Å². The summed E-state index contributed by atoms with van der Waals surface area (Å²) >= 11 is 1.76. The lowest BCUT2D eigenvalue weighted by molar-refractivity contribution is 0.100. The molecule has 0 unspecified atom stereocenters. The fraction of sp³-hybridized carbons (Fsp3) is 0.176. The SMILES string of the molecule is CCSc1ccc(-c2nc3cc(C(N)=O)ccc3[nH]2)c(OC)c1. The number of benzene rings is 2. The van der Waals surface area contributed by atoms with E-state index in [0.717, 1.165) is 27.5 Å². The highest BCUT2D eigenvalue weighted by Crippen LogP contribution is 2.33. The fourth-order valence-electron chi connectivity index (χ4n) is 2.41. The molecule has 3 N–H and O–H groups in total. The quantitative estimate of drug-likeness (QED) is 0.703. The van der Waals surface area contributed by atoms with Crippen LogP contribution in [0.2, 0.25) is 0 Å². The van der Waals surface area contributed by atoms with E-state index in [1.54, 1.807) is 37.1 Å². The van der Waals surface area contributed by atoms with E-state index in [0.29, 0.717) is 16.9 Å². The molecule has 0 saturated carbocycles. The van der Waals surface area contributed by atoms with E-state index in [1.165, 1.54) is 0 Å². The van der Waals surface area contributed by atoms with Crippen molar-refractivity contribution in [1.82, 2.24) is 9.97 Å². The van der Waals surface area contributed by atoms with Gasteiger partial charge in [-0.05, 0) is 42.2 Å². The summed E-state index contributed by atoms with van der Waals surface area (Å²) in [6, 6.07) is 11.2. The molecule has 6 heteroatoms. The minimum absolute atomic E-state index is 0.442. The van der Waals surface area contributed by atoms with E-state index < -0.39 is 5.91 Å². The van der Waals surface area contributed by atoms with Crippen molar-refractivity contribution in [3.8, 4) is 17.1 Å². The number of hydrogen-bond acceptors (Lipinski definition) is 4. The molecule has 0 bridgehead atoms. The van der Waals surface area contributed by atoms with Gasteiger partial charge in [0.2, 0.25) is 5.91 Å². The third kappa shape index (κ3) is 3.03. The lowest BCUT2D eigenvalue weighted by Crippen LogP contribution is -2.10. The number of nitrogens with zero attached hydrogens (tertiary/aromatic N) is 1. The highest BCUT2D eigenvalue weighted by atomic mass is 32.2. The summed E-state index contributed by atoms with van der Waals surface area (Å²) in [7, 11) is 1.65. The molecule has 118 valence electrons. The van der Waals surface area contributed by atoms with Gasteiger partial charge < -0.3 is 15.5 Å². The van der Waals surface area contributed by atoms with Crippen molar-refractivity contribution >= 4 is 28.7 Å². The Bertz CT molecular complexity index is 873. The number of aromatic amines is 1. The van der Waals surface area contributed by atoms with Crippen molar-refractivity contribution in [3.05, 3.63) is 42.0 Å². The number of rotatable bonds is 5. The molecule has 0 atom stereocenters. The summed E-state index contributed by atoms with van der Waals surface area (Å²) in [5, 5.41) is 0. The predicted molar refractivity (Wildman–Crippen MR) is 93.0 cm³/mol. The number of amides is 1. The highest BCUT2D eigenvalue weighted by molar-refractivity contribution is 7.99. The van der Waals surface area contributed by atoms with Gasteiger partial charge in [0.05, 0.1) is 23.7 Å². The van der Waals surface area contributed by atoms with E-state index >= 15 is 0 Å². The van der Waals surface area contributed by atoms with Crippen molar-refractivity contribution in [1.29, 1.82) is 0 Å². The number of nitrogens with two attached hydrogens (primary N) is 1. The molecule has 3 rings (SSSR count). The number of ether oxygens (including phenoxy) is 1. The van der Waals surface area contributed by atoms with Crippen LogP contribution in [0.1, 0.15) is 17.3 Å². The van der Waals surface area contributed by atoms with Gasteiger partial charge in [-0.2, -0.15) is 0 Å². The summed E-state index contributed by atoms with van der Waals surface area (Å²) in [6.45, 7) is 2.11. The van der Waals surface area contributed by atoms with Crippen LogP contribution in [0.25, 0.3) is 22.4 Å². The number of thioether (sulfide) groups is 1. The van der Waals surface area contributed by atoms with Gasteiger partial charge in [-0.3, -0.25) is 4.79 Å². The van der Waals surface area contributed by atoms with Crippen molar-refractivity contribution in [2.75, 3.05) is 12.9 Å². The molecular formula is C17H17N3O2S. The Hall–Kier alpha value is -2.47. The number of carbonyl (C=O) groups is 1. The maximum Gasteiger partial charge on any atom is 0.248 e. The third-order valence-corrected chi connectivity index (χ3v) is 4.38. The van der Waals surface area contributed by atoms with E-state index in [1.807, 2.05) is 18.2 Å². The van der Waals surface area contributed by atoms with Crippen LogP contribution in [0.5, 0.6) is 5.75 Å². The number of H-pyrrole nitrogens is 1. The van der Waals surface area contributed by atoms with Crippen LogP contribution in [-0.4, -0.2) is 28.7 Å². The summed E-state index contributed by atoms with van der Waals surface area (Å²) in [6.07, 6.45) is 0. The molecule has 23 heavy (non-hydrogen) atoms. The summed E-state index contributed by atoms with van der Waals surface area (Å²) in [5.41, 5.74) is 8.18. The largest absolute Gasteiger partial charge is 0.496 e. The molecular weight excluding hydrogens is 310 g/mol. The van der Waals surface area contributed by atoms with Gasteiger partial charge >= 0.3 is 0 Å². The lowest BCUT2D eigenvalue weighted by atomic mass is 10.2. The third-order valence-electron chi connectivity index (χ3n) is 3.51. The normalized spacial score (nSPS) is 10.9. The number of hydrogen-bond donors (Lipinski definition) is 2. The molecule has 2 aromatic carbocycles. The second kappa shape index (κ2) is 6.34. The van der Waals surface area contributed by atoms with Crippen LogP contribution in [0.3, 0.4) is 0 Å². The molecule has 0 saturated heterocycles. The molecule has 1 aromatic heterocycles. The van der Waals surface area contributed by atoms with Gasteiger partial charge in [-0.1, -0.05) is 6.92 Å². The van der Waals surface area contributed by atoms with Crippen molar-refractivity contribution in [3.63, 3.8) is 0 Å². The maximum absolute atomic E-state index is 11.3. The van der Waals surface area contributed by atoms with E-state index in [4.69, 9.17) is 10.5 Å². The Kier molecular flexibility index (Phi) is 4.25. The molecule has 0 aliphatic rings. The Balaban J connectivity index is 2.07. The van der Waals surface area contributed by atoms with Gasteiger partial charge in [0.15, 0.2) is 0 Å². The number of carbonyl (C=O) groups excluding carboxylic acids is 1. The number of fused-ring (bicyclic) bond motifs is 1. The lowest BCUT2D eigenvalue weighted by Gasteiger charge is -2.08. The topological polar surface area (TPSA) is 81.0 Å². The molecule has 1 amide bonds. The average molecular weight is 327 g/mol. The first kappa shape index (κ1) is 15.4. The monoisotopic (exact) mass is 327 g/mol. The molecule has 5 nitrogen and oxygen atoms in total. The number of methoxy groups -OCH3 is 1. The summed E-state index contributed by atoms with van der Waals surface area (Å²) in [4.78, 5) is 20.3. The zero-order valence-electron chi connectivity index (χ0n) is 12.9. The van der Waals surface area contributed by atoms with Crippen LogP contribution >= 0.6 is 11.8 Å². The van der Waals surface area contributed by atoms with Gasteiger partial charge in [0.1, 0.15) is 11.6 Å². The van der Waals surface area contributed by atoms with E-state index in [2.05, 4.69) is 16.9 Å². The Morgan fingerprint density at radius 2 is 2.13 bits per heavy atom. The zero-order valence-corrected chi connectivity index (χ0v) is 13.7. The number of aromatic nitrogens is 2. The Morgan fingerprint density at radius 1 is 1.30 bits per heavy atom. The number of nitrogens with one attached hydrogen (secondary N) is 1. The standard InChI is InChI=1S/C17H17N3O2S/c1-3-23-11-5-6-12(15(9-11)22-2)17-19-13-7-4-10(16(18)21)8-14(13)20-17/h4-9H,3H2,1-2H3,(H2,18,21)(H,19,20). The van der Waals surface area contributed by atoms with Crippen molar-refractivity contribution in [2.24, 2.45) is 5.73 Å². The van der Waals surface area contributed by atoms with Crippen LogP contribution in [-0.2, 0) is 0 Å². The van der Waals surface area contributed by atoms with E-state index in [-0.39, 0.29) is 0 Å². The number of imidazole rings is 1. The second-order valence-corrected chi connectivity index (χ2v) is 6.31. The Morgan fingerprint density at radius 3 is 2.83 bits per heavy atom. The van der Waals surface area contributed by atoms with Crippen LogP contribution < -0.4 is 10.5 Å². The number of primary amides is 1.